The number of aryl methyl sites for hydroxylation is 1. The van der Waals surface area contributed by atoms with Gasteiger partial charge in [0.2, 0.25) is 0 Å². The molecule has 4 nitrogen and oxygen atoms in total. The topological polar surface area (TPSA) is 44.8 Å². The van der Waals surface area contributed by atoms with Gasteiger partial charge in [0.1, 0.15) is 12.4 Å². The number of carbonyl (C=O) groups excluding carboxylic acids is 1. The van der Waals surface area contributed by atoms with Crippen LogP contribution in [0, 0.1) is 6.92 Å². The van der Waals surface area contributed by atoms with Gasteiger partial charge in [0.25, 0.3) is 0 Å². The largest absolute Gasteiger partial charge is 0.493 e. The van der Waals surface area contributed by atoms with Crippen molar-refractivity contribution >= 4 is 11.9 Å². The number of hydrogen-bond donors (Lipinski definition) is 0. The molecule has 23 heavy (non-hydrogen) atoms. The van der Waals surface area contributed by atoms with Crippen molar-refractivity contribution in [2.75, 3.05) is 20.8 Å². The average molecular weight is 310 g/mol. The van der Waals surface area contributed by atoms with Crippen LogP contribution >= 0.6 is 0 Å². The number of rotatable bonds is 3. The molecule has 0 N–H and O–H groups in total. The van der Waals surface area contributed by atoms with Gasteiger partial charge in [-0.1, -0.05) is 17.7 Å². The Morgan fingerprint density at radius 1 is 1.04 bits per heavy atom. The van der Waals surface area contributed by atoms with Gasteiger partial charge in [-0.25, -0.2) is 0 Å². The normalized spacial score (nSPS) is 15.1. The van der Waals surface area contributed by atoms with Crippen molar-refractivity contribution in [1.82, 2.24) is 0 Å². The van der Waals surface area contributed by atoms with Crippen molar-refractivity contribution in [1.29, 1.82) is 0 Å². The van der Waals surface area contributed by atoms with Crippen LogP contribution < -0.4 is 14.2 Å². The van der Waals surface area contributed by atoms with Crippen LogP contribution in [-0.4, -0.2) is 26.6 Å². The summed E-state index contributed by atoms with van der Waals surface area (Å²) in [5.74, 6) is 1.93. The van der Waals surface area contributed by atoms with Crippen LogP contribution in [-0.2, 0) is 0 Å². The number of ether oxygens (including phenoxy) is 3. The van der Waals surface area contributed by atoms with E-state index in [9.17, 15) is 4.79 Å². The summed E-state index contributed by atoms with van der Waals surface area (Å²) in [5, 5.41) is 0. The monoisotopic (exact) mass is 310 g/mol. The summed E-state index contributed by atoms with van der Waals surface area (Å²) in [6.45, 7) is 2.23. The van der Waals surface area contributed by atoms with E-state index >= 15 is 0 Å². The average Bonchev–Trinajstić information content (AvgIpc) is 2.57. The molecule has 0 bridgehead atoms. The number of methoxy groups -OCH3 is 2. The molecule has 0 spiro atoms. The fourth-order valence-corrected chi connectivity index (χ4v) is 2.59. The Hall–Kier alpha value is -2.75. The molecule has 0 radical (unpaired) electrons. The molecule has 1 heterocycles. The first kappa shape index (κ1) is 15.2. The van der Waals surface area contributed by atoms with E-state index in [0.717, 1.165) is 11.1 Å². The van der Waals surface area contributed by atoms with Crippen LogP contribution in [0.2, 0.25) is 0 Å². The summed E-state index contributed by atoms with van der Waals surface area (Å²) in [4.78, 5) is 12.6. The Morgan fingerprint density at radius 3 is 2.57 bits per heavy atom. The zero-order chi connectivity index (χ0) is 16.4. The Bertz CT molecular complexity index is 790. The minimum atomic E-state index is 0.00438. The smallest absolute Gasteiger partial charge is 0.196 e. The van der Waals surface area contributed by atoms with Crippen LogP contribution in [0.25, 0.3) is 6.08 Å². The molecule has 0 aromatic heterocycles. The van der Waals surface area contributed by atoms with Crippen molar-refractivity contribution < 1.29 is 19.0 Å². The molecular formula is C19H18O4. The molecule has 0 saturated carbocycles. The molecule has 2 aromatic carbocycles. The zero-order valence-corrected chi connectivity index (χ0v) is 13.4. The highest BCUT2D eigenvalue weighted by Crippen LogP contribution is 2.31. The number of benzene rings is 2. The minimum absolute atomic E-state index is 0.00438. The molecule has 0 unspecified atom stereocenters. The Kier molecular flexibility index (Phi) is 4.06. The van der Waals surface area contributed by atoms with Crippen LogP contribution in [0.5, 0.6) is 17.2 Å². The van der Waals surface area contributed by atoms with E-state index in [1.807, 2.05) is 49.4 Å². The maximum atomic E-state index is 12.6. The summed E-state index contributed by atoms with van der Waals surface area (Å²) < 4.78 is 16.2. The second-order valence-electron chi connectivity index (χ2n) is 5.40. The maximum absolute atomic E-state index is 12.6. The van der Waals surface area contributed by atoms with Gasteiger partial charge < -0.3 is 14.2 Å². The summed E-state index contributed by atoms with van der Waals surface area (Å²) in [7, 11) is 3.18. The number of fused-ring (bicyclic) bond motifs is 1. The van der Waals surface area contributed by atoms with Crippen LogP contribution in [0.15, 0.2) is 42.0 Å². The van der Waals surface area contributed by atoms with Gasteiger partial charge in [0, 0.05) is 5.57 Å². The number of carbonyl (C=O) groups is 1. The van der Waals surface area contributed by atoms with Gasteiger partial charge in [-0.15, -0.1) is 0 Å². The van der Waals surface area contributed by atoms with Gasteiger partial charge in [0.15, 0.2) is 17.3 Å². The SMILES string of the molecule is COc1ccc(C=C2COc3ccc(C)cc3C2=O)cc1OC. The Morgan fingerprint density at radius 2 is 1.83 bits per heavy atom. The third kappa shape index (κ3) is 2.93. The molecule has 1 aliphatic heterocycles. The lowest BCUT2D eigenvalue weighted by Crippen LogP contribution is -2.19. The standard InChI is InChI=1S/C19H18O4/c1-12-4-6-16-15(8-12)19(20)14(11-23-16)9-13-5-7-17(21-2)18(10-13)22-3/h4-10H,11H2,1-3H3. The summed E-state index contributed by atoms with van der Waals surface area (Å²) in [6, 6.07) is 11.2. The van der Waals surface area contributed by atoms with E-state index in [1.165, 1.54) is 0 Å². The highest BCUT2D eigenvalue weighted by Gasteiger charge is 2.23. The van der Waals surface area contributed by atoms with E-state index in [2.05, 4.69) is 0 Å². The number of Topliss-reactive ketones (excluding diaryl/α,β-unsaturated/α-hetero) is 1. The molecule has 3 rings (SSSR count). The third-order valence-electron chi connectivity index (χ3n) is 3.80. The van der Waals surface area contributed by atoms with Gasteiger partial charge in [-0.2, -0.15) is 0 Å². The molecule has 1 aliphatic rings. The Labute approximate surface area is 135 Å². The van der Waals surface area contributed by atoms with Crippen molar-refractivity contribution in [3.05, 3.63) is 58.7 Å². The molecule has 0 amide bonds. The second kappa shape index (κ2) is 6.16. The first-order valence-electron chi connectivity index (χ1n) is 7.33. The minimum Gasteiger partial charge on any atom is -0.493 e. The number of ketones is 1. The maximum Gasteiger partial charge on any atom is 0.196 e. The summed E-state index contributed by atoms with van der Waals surface area (Å²) >= 11 is 0. The molecular weight excluding hydrogens is 292 g/mol. The summed E-state index contributed by atoms with van der Waals surface area (Å²) in [5.41, 5.74) is 3.14. The molecule has 0 fully saturated rings. The molecule has 0 saturated heterocycles. The molecule has 4 heteroatoms. The first-order chi connectivity index (χ1) is 11.1. The second-order valence-corrected chi connectivity index (χ2v) is 5.40. The van der Waals surface area contributed by atoms with E-state index in [1.54, 1.807) is 14.2 Å². The predicted octanol–water partition coefficient (Wildman–Crippen LogP) is 3.67. The van der Waals surface area contributed by atoms with Crippen LogP contribution in [0.1, 0.15) is 21.5 Å². The molecule has 2 aromatic rings. The van der Waals surface area contributed by atoms with Gasteiger partial charge in [0.05, 0.1) is 19.8 Å². The van der Waals surface area contributed by atoms with Crippen molar-refractivity contribution in [2.24, 2.45) is 0 Å². The van der Waals surface area contributed by atoms with Crippen LogP contribution in [0.3, 0.4) is 0 Å². The quantitative estimate of drug-likeness (QED) is 0.811. The van der Waals surface area contributed by atoms with E-state index in [0.29, 0.717) is 28.4 Å². The fourth-order valence-electron chi connectivity index (χ4n) is 2.59. The van der Waals surface area contributed by atoms with Gasteiger partial charge in [-0.3, -0.25) is 4.79 Å². The van der Waals surface area contributed by atoms with Gasteiger partial charge in [-0.05, 0) is 42.8 Å². The zero-order valence-electron chi connectivity index (χ0n) is 13.4. The lowest BCUT2D eigenvalue weighted by molar-refractivity contribution is 0.100. The lowest BCUT2D eigenvalue weighted by atomic mass is 9.97. The summed E-state index contributed by atoms with van der Waals surface area (Å²) in [6.07, 6.45) is 1.83. The fraction of sp³-hybridized carbons (Fsp3) is 0.211. The van der Waals surface area contributed by atoms with E-state index in [4.69, 9.17) is 14.2 Å². The van der Waals surface area contributed by atoms with E-state index < -0.39 is 0 Å². The van der Waals surface area contributed by atoms with Crippen molar-refractivity contribution in [3.63, 3.8) is 0 Å². The molecule has 0 aliphatic carbocycles. The van der Waals surface area contributed by atoms with E-state index in [-0.39, 0.29) is 12.4 Å². The highest BCUT2D eigenvalue weighted by molar-refractivity contribution is 6.14. The third-order valence-corrected chi connectivity index (χ3v) is 3.80. The van der Waals surface area contributed by atoms with Crippen molar-refractivity contribution in [3.8, 4) is 17.2 Å². The van der Waals surface area contributed by atoms with Gasteiger partial charge >= 0.3 is 0 Å². The van der Waals surface area contributed by atoms with Crippen LogP contribution in [0.4, 0.5) is 0 Å². The molecule has 0 atom stereocenters. The van der Waals surface area contributed by atoms with Crippen molar-refractivity contribution in [2.45, 2.75) is 6.92 Å². The predicted molar refractivity (Wildman–Crippen MR) is 88.5 cm³/mol. The lowest BCUT2D eigenvalue weighted by Gasteiger charge is -2.19. The molecule has 118 valence electrons. The number of hydrogen-bond acceptors (Lipinski definition) is 4. The first-order valence-corrected chi connectivity index (χ1v) is 7.33. The highest BCUT2D eigenvalue weighted by atomic mass is 16.5. The Balaban J connectivity index is 1.96.